The molecule has 0 saturated carbocycles. The van der Waals surface area contributed by atoms with Gasteiger partial charge in [-0.05, 0) is 41.8 Å². The Balaban J connectivity index is 1.91. The van der Waals surface area contributed by atoms with Gasteiger partial charge in [0.15, 0.2) is 0 Å². The maximum atomic E-state index is 14.4. The fraction of sp³-hybridized carbons (Fsp3) is 0.100. The first kappa shape index (κ1) is 18.9. The van der Waals surface area contributed by atoms with Crippen LogP contribution in [-0.4, -0.2) is 23.3 Å². The molecule has 8 heteroatoms. The molecule has 1 aliphatic heterocycles. The summed E-state index contributed by atoms with van der Waals surface area (Å²) in [6.07, 6.45) is 0. The van der Waals surface area contributed by atoms with E-state index in [1.807, 2.05) is 17.5 Å². The number of hydrogen-bond acceptors (Lipinski definition) is 3. The molecule has 0 fully saturated rings. The molecule has 28 heavy (non-hydrogen) atoms. The van der Waals surface area contributed by atoms with Gasteiger partial charge in [0.1, 0.15) is 12.4 Å². The van der Waals surface area contributed by atoms with Crippen LogP contribution in [0, 0.1) is 5.82 Å². The molecule has 0 bridgehead atoms. The first-order valence-corrected chi connectivity index (χ1v) is 9.97. The largest absolute Gasteiger partial charge is 0.324 e. The van der Waals surface area contributed by atoms with E-state index in [-0.39, 0.29) is 23.0 Å². The lowest BCUT2D eigenvalue weighted by Gasteiger charge is -2.30. The molecule has 2 heterocycles. The van der Waals surface area contributed by atoms with E-state index in [0.717, 1.165) is 4.88 Å². The molecule has 4 rings (SSSR count). The number of nitrogens with one attached hydrogen (secondary N) is 1. The van der Waals surface area contributed by atoms with Crippen molar-refractivity contribution in [3.05, 3.63) is 85.8 Å². The highest BCUT2D eigenvalue weighted by Crippen LogP contribution is 2.40. The van der Waals surface area contributed by atoms with Gasteiger partial charge in [-0.3, -0.25) is 9.59 Å². The van der Waals surface area contributed by atoms with E-state index in [0.29, 0.717) is 16.3 Å². The minimum absolute atomic E-state index is 0.00842. The number of amides is 2. The second-order valence-corrected chi connectivity index (χ2v) is 8.05. The zero-order valence-electron chi connectivity index (χ0n) is 14.3. The zero-order valence-corrected chi connectivity index (χ0v) is 16.6. The highest BCUT2D eigenvalue weighted by Gasteiger charge is 2.36. The number of benzene rings is 2. The van der Waals surface area contributed by atoms with Gasteiger partial charge in [-0.2, -0.15) is 0 Å². The number of carbonyl (C=O) groups excluding carboxylic acids is 2. The van der Waals surface area contributed by atoms with Crippen molar-refractivity contribution in [1.29, 1.82) is 0 Å². The van der Waals surface area contributed by atoms with E-state index >= 15 is 0 Å². The van der Waals surface area contributed by atoms with E-state index in [1.54, 1.807) is 18.2 Å². The third kappa shape index (κ3) is 3.39. The quantitative estimate of drug-likeness (QED) is 0.588. The predicted molar refractivity (Wildman–Crippen MR) is 109 cm³/mol. The molecule has 1 N–H and O–H groups in total. The number of hydrogen-bond donors (Lipinski definition) is 1. The SMILES string of the molecule is O=C1CN(C(=O)c2c(F)cccc2Cl)C(c2cccs2)c2cc(Cl)ccc2N1. The molecule has 0 radical (unpaired) electrons. The average molecular weight is 435 g/mol. The van der Waals surface area contributed by atoms with Crippen LogP contribution in [-0.2, 0) is 4.79 Å². The Kier molecular flexibility index (Phi) is 5.10. The van der Waals surface area contributed by atoms with Crippen LogP contribution >= 0.6 is 34.5 Å². The Morgan fingerprint density at radius 2 is 2.00 bits per heavy atom. The molecule has 1 unspecified atom stereocenters. The van der Waals surface area contributed by atoms with Crippen LogP contribution in [0.4, 0.5) is 10.1 Å². The monoisotopic (exact) mass is 434 g/mol. The Bertz CT molecular complexity index is 1050. The van der Waals surface area contributed by atoms with Crippen LogP contribution < -0.4 is 5.32 Å². The van der Waals surface area contributed by atoms with Crippen molar-refractivity contribution in [2.75, 3.05) is 11.9 Å². The summed E-state index contributed by atoms with van der Waals surface area (Å²) in [6.45, 7) is -0.252. The van der Waals surface area contributed by atoms with Crippen molar-refractivity contribution in [2.45, 2.75) is 6.04 Å². The Morgan fingerprint density at radius 1 is 1.18 bits per heavy atom. The fourth-order valence-electron chi connectivity index (χ4n) is 3.27. The molecule has 2 amide bonds. The number of thiophene rings is 1. The van der Waals surface area contributed by atoms with Crippen LogP contribution in [0.25, 0.3) is 0 Å². The molecule has 4 nitrogen and oxygen atoms in total. The zero-order chi connectivity index (χ0) is 19.8. The van der Waals surface area contributed by atoms with Crippen molar-refractivity contribution >= 4 is 52.0 Å². The summed E-state index contributed by atoms with van der Waals surface area (Å²) < 4.78 is 14.4. The normalized spacial score (nSPS) is 16.3. The van der Waals surface area contributed by atoms with E-state index < -0.39 is 17.8 Å². The first-order chi connectivity index (χ1) is 13.5. The molecule has 142 valence electrons. The van der Waals surface area contributed by atoms with Crippen molar-refractivity contribution in [3.63, 3.8) is 0 Å². The summed E-state index contributed by atoms with van der Waals surface area (Å²) in [4.78, 5) is 28.0. The second kappa shape index (κ2) is 7.54. The third-order valence-electron chi connectivity index (χ3n) is 4.46. The summed E-state index contributed by atoms with van der Waals surface area (Å²) in [6, 6.07) is 12.2. The van der Waals surface area contributed by atoms with Gasteiger partial charge in [0.2, 0.25) is 5.91 Å². The van der Waals surface area contributed by atoms with Gasteiger partial charge in [0.05, 0.1) is 16.6 Å². The van der Waals surface area contributed by atoms with Crippen molar-refractivity contribution in [3.8, 4) is 0 Å². The topological polar surface area (TPSA) is 49.4 Å². The maximum absolute atomic E-state index is 14.4. The Morgan fingerprint density at radius 3 is 2.71 bits per heavy atom. The number of carbonyl (C=O) groups is 2. The number of halogens is 3. The number of anilines is 1. The minimum atomic E-state index is -0.738. The first-order valence-electron chi connectivity index (χ1n) is 8.33. The lowest BCUT2D eigenvalue weighted by Crippen LogP contribution is -2.39. The molecular formula is C20H13Cl2FN2O2S. The molecular weight excluding hydrogens is 422 g/mol. The number of fused-ring (bicyclic) bond motifs is 1. The van der Waals surface area contributed by atoms with E-state index in [9.17, 15) is 14.0 Å². The number of rotatable bonds is 2. The molecule has 3 aromatic rings. The molecule has 2 aromatic carbocycles. The van der Waals surface area contributed by atoms with Crippen molar-refractivity contribution in [2.24, 2.45) is 0 Å². The van der Waals surface area contributed by atoms with Crippen LogP contribution in [0.3, 0.4) is 0 Å². The lowest BCUT2D eigenvalue weighted by atomic mass is 10.0. The lowest BCUT2D eigenvalue weighted by molar-refractivity contribution is -0.117. The van der Waals surface area contributed by atoms with Crippen molar-refractivity contribution in [1.82, 2.24) is 4.90 Å². The van der Waals surface area contributed by atoms with E-state index in [1.165, 1.54) is 34.4 Å². The molecule has 1 aromatic heterocycles. The Labute approximate surface area is 174 Å². The van der Waals surface area contributed by atoms with Gasteiger partial charge in [-0.15, -0.1) is 11.3 Å². The predicted octanol–water partition coefficient (Wildman–Crippen LogP) is 5.38. The maximum Gasteiger partial charge on any atom is 0.259 e. The van der Waals surface area contributed by atoms with Crippen LogP contribution in [0.2, 0.25) is 10.0 Å². The summed E-state index contributed by atoms with van der Waals surface area (Å²) in [5.74, 6) is -1.79. The smallest absolute Gasteiger partial charge is 0.259 e. The standard InChI is InChI=1S/C20H13Cl2FN2O2S/c21-11-6-7-15-12(9-11)19(16-5-2-8-28-16)25(10-17(26)24-15)20(27)18-13(22)3-1-4-14(18)23/h1-9,19H,10H2,(H,24,26). The molecule has 0 spiro atoms. The van der Waals surface area contributed by atoms with Crippen LogP contribution in [0.15, 0.2) is 53.9 Å². The second-order valence-electron chi connectivity index (χ2n) is 6.23. The summed E-state index contributed by atoms with van der Waals surface area (Å²) in [5, 5.41) is 5.12. The number of nitrogens with zero attached hydrogens (tertiary/aromatic N) is 1. The van der Waals surface area contributed by atoms with Gasteiger partial charge in [-0.1, -0.05) is 35.3 Å². The van der Waals surface area contributed by atoms with Gasteiger partial charge in [0.25, 0.3) is 5.91 Å². The molecule has 0 aliphatic carbocycles. The molecule has 0 saturated heterocycles. The fourth-order valence-corrected chi connectivity index (χ4v) is 4.54. The summed E-state index contributed by atoms with van der Waals surface area (Å²) in [5.41, 5.74) is 0.952. The van der Waals surface area contributed by atoms with Gasteiger partial charge >= 0.3 is 0 Å². The highest BCUT2D eigenvalue weighted by molar-refractivity contribution is 7.10. The third-order valence-corrected chi connectivity index (χ3v) is 5.93. The molecule has 1 aliphatic rings. The average Bonchev–Trinajstić information content (AvgIpc) is 3.12. The van der Waals surface area contributed by atoms with Crippen LogP contribution in [0.1, 0.15) is 26.8 Å². The van der Waals surface area contributed by atoms with Gasteiger partial charge in [0, 0.05) is 21.2 Å². The van der Waals surface area contributed by atoms with Gasteiger partial charge < -0.3 is 10.2 Å². The highest BCUT2D eigenvalue weighted by atomic mass is 35.5. The van der Waals surface area contributed by atoms with E-state index in [4.69, 9.17) is 23.2 Å². The van der Waals surface area contributed by atoms with Gasteiger partial charge in [-0.25, -0.2) is 4.39 Å². The van der Waals surface area contributed by atoms with Crippen LogP contribution in [0.5, 0.6) is 0 Å². The van der Waals surface area contributed by atoms with E-state index in [2.05, 4.69) is 5.32 Å². The minimum Gasteiger partial charge on any atom is -0.324 e. The Hall–Kier alpha value is -2.41. The van der Waals surface area contributed by atoms with Crippen molar-refractivity contribution < 1.29 is 14.0 Å². The summed E-state index contributed by atoms with van der Waals surface area (Å²) in [7, 11) is 0. The summed E-state index contributed by atoms with van der Waals surface area (Å²) >= 11 is 13.7. The molecule has 1 atom stereocenters.